The van der Waals surface area contributed by atoms with Crippen LogP contribution in [0.1, 0.15) is 180 Å². The fourth-order valence-electron chi connectivity index (χ4n) is 10.3. The van der Waals surface area contributed by atoms with E-state index < -0.39 is 133 Å². The molecular weight excluding hydrogens is 1220 g/mol. The highest BCUT2D eigenvalue weighted by atomic mass is 16.6. The summed E-state index contributed by atoms with van der Waals surface area (Å²) in [6.45, 7) is 15.0. The van der Waals surface area contributed by atoms with Gasteiger partial charge >= 0.3 is 59.1 Å². The molecule has 0 aliphatic carbocycles. The van der Waals surface area contributed by atoms with Crippen molar-refractivity contribution in [2.75, 3.05) is 13.2 Å². The van der Waals surface area contributed by atoms with E-state index in [0.717, 1.165) is 0 Å². The van der Waals surface area contributed by atoms with Gasteiger partial charge < -0.3 is 47.0 Å². The number of nitrogens with one attached hydrogen (secondary N) is 2. The van der Waals surface area contributed by atoms with E-state index in [1.165, 1.54) is 9.13 Å². The SMILES string of the molecule is CCCC(=O)OC[C@@H](OC(=O)CCC)[C@@H](OC(=O)CCC)[C@H](Cn1c2nc(=O)[nH]c(=O)c-2nc2c(/C=C/c3c(C)ccc4c3nc3c(=O)[nH]c(=O)nc-3n4C[C@H](OC(=O)CCC)[C@H](OC(=O)CCC)[C@@H](COC(=O)CCC)OC(=O)CCC)c(C)ccc21)OC(=O)CCC. The number of benzene rings is 2. The molecule has 28 heteroatoms. The Kier molecular flexibility index (Phi) is 27.8. The number of esters is 8. The van der Waals surface area contributed by atoms with Gasteiger partial charge in [-0.1, -0.05) is 79.7 Å². The predicted molar refractivity (Wildman–Crippen MR) is 341 cm³/mol. The minimum Gasteiger partial charge on any atom is -0.462 e. The van der Waals surface area contributed by atoms with Crippen LogP contribution in [0.25, 0.3) is 57.3 Å². The van der Waals surface area contributed by atoms with Crippen molar-refractivity contribution in [2.24, 2.45) is 0 Å². The van der Waals surface area contributed by atoms with Crippen LogP contribution >= 0.6 is 0 Å². The van der Waals surface area contributed by atoms with Crippen molar-refractivity contribution in [3.05, 3.63) is 88.2 Å². The number of aryl methyl sites for hydroxylation is 2. The molecule has 28 nitrogen and oxygen atoms in total. The quantitative estimate of drug-likeness (QED) is 0.0169. The Morgan fingerprint density at radius 2 is 0.691 bits per heavy atom. The highest BCUT2D eigenvalue weighted by Gasteiger charge is 2.42. The first-order chi connectivity index (χ1) is 45.0. The highest BCUT2D eigenvalue weighted by molar-refractivity contribution is 5.96. The van der Waals surface area contributed by atoms with Gasteiger partial charge in [0, 0.05) is 62.5 Å². The van der Waals surface area contributed by atoms with Gasteiger partial charge in [0.05, 0.1) is 35.2 Å². The molecule has 2 aromatic rings. The molecule has 6 rings (SSSR count). The average Bonchev–Trinajstić information content (AvgIpc) is 0.753. The number of hydrogen-bond donors (Lipinski definition) is 2. The molecule has 0 amide bonds. The number of H-pyrrole nitrogens is 2. The molecule has 4 heterocycles. The van der Waals surface area contributed by atoms with Gasteiger partial charge in [0.2, 0.25) is 0 Å². The third kappa shape index (κ3) is 19.5. The van der Waals surface area contributed by atoms with E-state index >= 15 is 0 Å². The molecule has 2 aromatic carbocycles. The lowest BCUT2D eigenvalue weighted by Gasteiger charge is -2.33. The molecule has 0 bridgehead atoms. The smallest absolute Gasteiger partial charge is 0.349 e. The number of aromatic nitrogens is 8. The Labute approximate surface area is 541 Å². The molecule has 4 aliphatic heterocycles. The second-order valence-electron chi connectivity index (χ2n) is 22.6. The maximum absolute atomic E-state index is 14.0. The van der Waals surface area contributed by atoms with E-state index in [1.807, 2.05) is 0 Å². The number of carbonyl (C=O) groups is 8. The Hall–Kier alpha value is -9.50. The summed E-state index contributed by atoms with van der Waals surface area (Å²) in [5.74, 6) is -6.48. The van der Waals surface area contributed by atoms with Crippen LogP contribution in [0.4, 0.5) is 0 Å². The summed E-state index contributed by atoms with van der Waals surface area (Å²) in [6, 6.07) is 6.61. The summed E-state index contributed by atoms with van der Waals surface area (Å²) in [5, 5.41) is 0. The van der Waals surface area contributed by atoms with Gasteiger partial charge in [0.1, 0.15) is 13.2 Å². The fraction of sp³-hybridized carbons (Fsp3) is 0.545. The standard InChI is InChI=1S/C66H84N8O20/c1-11-19-47(75)87-35-45(91-51(79)23-15-5)59(93-53(81)25-17-7)43(89-49(77)21-13-3)33-73-41-31-27-37(9)39(55(41)67-57-61(73)69-65(85)71-63(57)83)29-30-40-38(10)28-32-42-56(40)68-58-62(70-66(86)72-64(58)84)74(42)34-44(90-50(78)22-14-4)60(94-54(82)26-18-8)46(92-52(80)24-16-6)36-88-48(76)20-12-2/h27-32,43-46,59-60H,11-26,33-36H2,1-10H3,(H,71,83,85)(H,72,84,86)/b30-29+/t43-,44-,45+,46+,59-,60-/m0/s1. The minimum atomic E-state index is -1.68. The van der Waals surface area contributed by atoms with E-state index in [9.17, 15) is 57.5 Å². The van der Waals surface area contributed by atoms with Crippen molar-refractivity contribution in [2.45, 2.75) is 222 Å². The Morgan fingerprint density at radius 3 is 1.00 bits per heavy atom. The first-order valence-electron chi connectivity index (χ1n) is 32.1. The summed E-state index contributed by atoms with van der Waals surface area (Å²) in [5.41, 5.74) is -2.38. The van der Waals surface area contributed by atoms with Crippen LogP contribution < -0.4 is 22.5 Å². The lowest BCUT2D eigenvalue weighted by molar-refractivity contribution is -0.193. The van der Waals surface area contributed by atoms with E-state index in [-0.39, 0.29) is 96.5 Å². The fourth-order valence-corrected chi connectivity index (χ4v) is 10.3. The van der Waals surface area contributed by atoms with Crippen LogP contribution in [0.2, 0.25) is 0 Å². The number of hydrogen-bond acceptors (Lipinski definition) is 24. The molecule has 0 radical (unpaired) electrons. The van der Waals surface area contributed by atoms with Crippen LogP contribution in [0.3, 0.4) is 0 Å². The summed E-state index contributed by atoms with van der Waals surface area (Å²) < 4.78 is 50.2. The van der Waals surface area contributed by atoms with E-state index in [0.29, 0.717) is 73.6 Å². The molecule has 0 spiro atoms. The zero-order valence-electron chi connectivity index (χ0n) is 54.9. The lowest BCUT2D eigenvalue weighted by atomic mass is 10.0. The molecular formula is C66H84N8O20. The van der Waals surface area contributed by atoms with Crippen molar-refractivity contribution in [3.63, 3.8) is 0 Å². The maximum atomic E-state index is 14.0. The summed E-state index contributed by atoms with van der Waals surface area (Å²) >= 11 is 0. The zero-order valence-corrected chi connectivity index (χ0v) is 54.9. The minimum absolute atomic E-state index is 0.00247. The highest BCUT2D eigenvalue weighted by Crippen LogP contribution is 2.33. The van der Waals surface area contributed by atoms with Gasteiger partial charge in [-0.25, -0.2) is 19.6 Å². The summed E-state index contributed by atoms with van der Waals surface area (Å²) in [4.78, 5) is 184. The van der Waals surface area contributed by atoms with Gasteiger partial charge in [0.15, 0.2) is 59.7 Å². The van der Waals surface area contributed by atoms with Crippen molar-refractivity contribution < 1.29 is 76.3 Å². The number of fused-ring (bicyclic) bond motifs is 4. The third-order valence-electron chi connectivity index (χ3n) is 14.8. The van der Waals surface area contributed by atoms with Crippen LogP contribution in [-0.2, 0) is 89.3 Å². The largest absolute Gasteiger partial charge is 0.462 e. The van der Waals surface area contributed by atoms with Crippen LogP contribution in [-0.4, -0.2) is 137 Å². The summed E-state index contributed by atoms with van der Waals surface area (Å²) in [7, 11) is 0. The predicted octanol–water partition coefficient (Wildman–Crippen LogP) is 7.23. The number of aromatic amines is 2. The number of ether oxygens (including phenoxy) is 8. The van der Waals surface area contributed by atoms with E-state index in [4.69, 9.17) is 47.9 Å². The number of carbonyl (C=O) groups excluding carboxylic acids is 8. The van der Waals surface area contributed by atoms with Crippen LogP contribution in [0, 0.1) is 13.8 Å². The molecule has 0 fully saturated rings. The van der Waals surface area contributed by atoms with Gasteiger partial charge in [0.25, 0.3) is 11.1 Å². The Balaban J connectivity index is 1.64. The average molecular weight is 1310 g/mol. The van der Waals surface area contributed by atoms with E-state index in [2.05, 4.69) is 19.9 Å². The van der Waals surface area contributed by atoms with Crippen molar-refractivity contribution in [3.8, 4) is 23.0 Å². The summed E-state index contributed by atoms with van der Waals surface area (Å²) in [6.07, 6.45) is -4.32. The van der Waals surface area contributed by atoms with Gasteiger partial charge in [-0.15, -0.1) is 0 Å². The Bertz CT molecular complexity index is 3660. The third-order valence-corrected chi connectivity index (χ3v) is 14.8. The molecule has 0 unspecified atom stereocenters. The number of rotatable bonds is 36. The van der Waals surface area contributed by atoms with E-state index in [1.54, 1.807) is 106 Å². The maximum Gasteiger partial charge on any atom is 0.349 e. The van der Waals surface area contributed by atoms with Crippen LogP contribution in [0.5, 0.6) is 0 Å². The molecule has 0 saturated heterocycles. The van der Waals surface area contributed by atoms with Crippen molar-refractivity contribution >= 4 is 82.0 Å². The second kappa shape index (κ2) is 35.5. The van der Waals surface area contributed by atoms with Gasteiger partial charge in [-0.3, -0.25) is 57.9 Å². The molecule has 2 N–H and O–H groups in total. The monoisotopic (exact) mass is 1310 g/mol. The first-order valence-corrected chi connectivity index (χ1v) is 32.1. The van der Waals surface area contributed by atoms with Crippen molar-refractivity contribution in [1.82, 2.24) is 39.0 Å². The van der Waals surface area contributed by atoms with Gasteiger partial charge in [-0.05, 0) is 88.5 Å². The normalized spacial score (nSPS) is 13.4. The molecule has 94 heavy (non-hydrogen) atoms. The topological polar surface area (TPSA) is 372 Å². The molecule has 0 saturated carbocycles. The molecule has 0 aromatic heterocycles. The number of nitrogens with zero attached hydrogens (tertiary/aromatic N) is 6. The lowest BCUT2D eigenvalue weighted by Crippen LogP contribution is -2.49. The molecule has 508 valence electrons. The van der Waals surface area contributed by atoms with Gasteiger partial charge in [-0.2, -0.15) is 9.97 Å². The zero-order chi connectivity index (χ0) is 68.8. The second-order valence-corrected chi connectivity index (χ2v) is 22.6. The molecule has 6 atom stereocenters. The Morgan fingerprint density at radius 1 is 0.404 bits per heavy atom. The van der Waals surface area contributed by atoms with Crippen LogP contribution in [0.15, 0.2) is 43.4 Å². The van der Waals surface area contributed by atoms with Crippen molar-refractivity contribution in [1.29, 1.82) is 0 Å². The molecule has 4 aliphatic rings. The first kappa shape index (κ1) is 73.6.